The Labute approximate surface area is 189 Å². The summed E-state index contributed by atoms with van der Waals surface area (Å²) in [5.74, 6) is 0.233. The Morgan fingerprint density at radius 3 is 2.61 bits per heavy atom. The predicted molar refractivity (Wildman–Crippen MR) is 112 cm³/mol. The van der Waals surface area contributed by atoms with Crippen molar-refractivity contribution in [2.75, 3.05) is 16.8 Å². The number of carbonyl (C=O) groups excluding carboxylic acids is 1. The standard InChI is InChI=1S/C19H15ClF3N9O/c1-10-8-31-16(28-10)14-13(7-27-31)30(9-18(14,2)19(21,22)23)17(33)29-11-5-12(20)15(24-6-11)32-25-3-4-26-32/h3-8H,9H2,1-2H3,(H,29,33)/t18-/m0/s1. The summed E-state index contributed by atoms with van der Waals surface area (Å²) in [6.45, 7) is 2.07. The van der Waals surface area contributed by atoms with Crippen LogP contribution < -0.4 is 10.2 Å². The minimum atomic E-state index is -4.64. The van der Waals surface area contributed by atoms with E-state index in [0.717, 1.165) is 11.8 Å². The molecule has 0 unspecified atom stereocenters. The lowest BCUT2D eigenvalue weighted by molar-refractivity contribution is -0.180. The molecule has 0 aromatic carbocycles. The van der Waals surface area contributed by atoms with E-state index in [-0.39, 0.29) is 33.4 Å². The van der Waals surface area contributed by atoms with Crippen LogP contribution in [0.2, 0.25) is 5.02 Å². The maximum absolute atomic E-state index is 14.2. The van der Waals surface area contributed by atoms with Crippen molar-refractivity contribution in [1.29, 1.82) is 0 Å². The summed E-state index contributed by atoms with van der Waals surface area (Å²) in [5.41, 5.74) is -1.66. The van der Waals surface area contributed by atoms with Gasteiger partial charge in [-0.2, -0.15) is 28.5 Å². The van der Waals surface area contributed by atoms with E-state index >= 15 is 0 Å². The van der Waals surface area contributed by atoms with Gasteiger partial charge in [-0.25, -0.2) is 19.3 Å². The highest BCUT2D eigenvalue weighted by Crippen LogP contribution is 2.51. The number of alkyl halides is 3. The van der Waals surface area contributed by atoms with Gasteiger partial charge in [0.05, 0.1) is 53.1 Å². The average molecular weight is 478 g/mol. The van der Waals surface area contributed by atoms with Crippen LogP contribution in [0.5, 0.6) is 0 Å². The normalized spacial score (nSPS) is 18.1. The fourth-order valence-corrected chi connectivity index (χ4v) is 4.07. The molecule has 4 aromatic rings. The fraction of sp³-hybridized carbons (Fsp3) is 0.263. The number of hydrogen-bond acceptors (Lipinski definition) is 6. The molecule has 0 saturated heterocycles. The smallest absolute Gasteiger partial charge is 0.306 e. The minimum absolute atomic E-state index is 0.0295. The number of carbonyl (C=O) groups is 1. The van der Waals surface area contributed by atoms with Crippen LogP contribution in [0.25, 0.3) is 11.5 Å². The second-order valence-corrected chi connectivity index (χ2v) is 8.16. The third kappa shape index (κ3) is 3.26. The summed E-state index contributed by atoms with van der Waals surface area (Å²) in [5, 5.41) is 14.7. The van der Waals surface area contributed by atoms with Crippen LogP contribution in [-0.4, -0.2) is 53.3 Å². The van der Waals surface area contributed by atoms with Gasteiger partial charge in [0, 0.05) is 12.1 Å². The van der Waals surface area contributed by atoms with Gasteiger partial charge in [0.2, 0.25) is 0 Å². The molecule has 14 heteroatoms. The van der Waals surface area contributed by atoms with Crippen molar-refractivity contribution < 1.29 is 18.0 Å². The number of nitrogens with one attached hydrogen (secondary N) is 1. The van der Waals surface area contributed by atoms with Crippen LogP contribution in [0.1, 0.15) is 18.2 Å². The second kappa shape index (κ2) is 7.13. The first kappa shape index (κ1) is 21.1. The van der Waals surface area contributed by atoms with Crippen LogP contribution in [0.3, 0.4) is 0 Å². The van der Waals surface area contributed by atoms with Gasteiger partial charge < -0.3 is 5.32 Å². The summed E-state index contributed by atoms with van der Waals surface area (Å²) < 4.78 is 43.9. The molecule has 4 aromatic heterocycles. The van der Waals surface area contributed by atoms with Crippen LogP contribution in [0, 0.1) is 6.92 Å². The van der Waals surface area contributed by atoms with E-state index in [4.69, 9.17) is 11.6 Å². The number of amides is 2. The Balaban J connectivity index is 1.51. The number of fused-ring (bicyclic) bond motifs is 3. The molecule has 10 nitrogen and oxygen atoms in total. The molecule has 0 radical (unpaired) electrons. The van der Waals surface area contributed by atoms with Gasteiger partial charge in [0.15, 0.2) is 11.5 Å². The topological polar surface area (TPSA) is 106 Å². The Morgan fingerprint density at radius 1 is 1.21 bits per heavy atom. The van der Waals surface area contributed by atoms with Crippen molar-refractivity contribution in [3.8, 4) is 5.82 Å². The van der Waals surface area contributed by atoms with E-state index in [2.05, 4.69) is 30.6 Å². The number of pyridine rings is 1. The first-order valence-corrected chi connectivity index (χ1v) is 9.99. The number of anilines is 2. The average Bonchev–Trinajstić information content (AvgIpc) is 3.45. The number of imidazole rings is 1. The summed E-state index contributed by atoms with van der Waals surface area (Å²) in [4.78, 5) is 23.6. The zero-order chi connectivity index (χ0) is 23.5. The summed E-state index contributed by atoms with van der Waals surface area (Å²) in [6.07, 6.45) is 2.32. The summed E-state index contributed by atoms with van der Waals surface area (Å²) >= 11 is 6.22. The molecule has 0 saturated carbocycles. The Kier molecular flexibility index (Phi) is 4.57. The van der Waals surface area contributed by atoms with Crippen LogP contribution in [-0.2, 0) is 5.41 Å². The Hall–Kier alpha value is -3.74. The van der Waals surface area contributed by atoms with E-state index in [1.807, 2.05) is 0 Å². The molecule has 1 atom stereocenters. The van der Waals surface area contributed by atoms with Gasteiger partial charge in [0.25, 0.3) is 0 Å². The maximum Gasteiger partial charge on any atom is 0.400 e. The molecule has 2 amide bonds. The van der Waals surface area contributed by atoms with Crippen molar-refractivity contribution in [2.24, 2.45) is 0 Å². The third-order valence-corrected chi connectivity index (χ3v) is 5.74. The van der Waals surface area contributed by atoms with E-state index in [1.54, 1.807) is 6.92 Å². The number of urea groups is 1. The van der Waals surface area contributed by atoms with Gasteiger partial charge in [0.1, 0.15) is 5.41 Å². The molecule has 5 heterocycles. The van der Waals surface area contributed by atoms with E-state index in [9.17, 15) is 18.0 Å². The quantitative estimate of drug-likeness (QED) is 0.473. The molecule has 0 bridgehead atoms. The van der Waals surface area contributed by atoms with Crippen molar-refractivity contribution in [3.05, 3.63) is 53.3 Å². The molecule has 0 fully saturated rings. The third-order valence-electron chi connectivity index (χ3n) is 5.46. The van der Waals surface area contributed by atoms with Crippen LogP contribution in [0.15, 0.2) is 37.1 Å². The van der Waals surface area contributed by atoms with Gasteiger partial charge in [-0.1, -0.05) is 11.6 Å². The van der Waals surface area contributed by atoms with Crippen molar-refractivity contribution in [2.45, 2.75) is 25.4 Å². The van der Waals surface area contributed by atoms with E-state index in [0.29, 0.717) is 5.69 Å². The molecule has 0 aliphatic carbocycles. The maximum atomic E-state index is 14.2. The van der Waals surface area contributed by atoms with E-state index in [1.165, 1.54) is 46.4 Å². The van der Waals surface area contributed by atoms with Gasteiger partial charge in [-0.15, -0.1) is 4.80 Å². The molecule has 0 spiro atoms. The largest absolute Gasteiger partial charge is 0.400 e. The van der Waals surface area contributed by atoms with Gasteiger partial charge >= 0.3 is 12.2 Å². The molecule has 1 aliphatic rings. The van der Waals surface area contributed by atoms with Gasteiger partial charge in [-0.3, -0.25) is 4.90 Å². The molecule has 33 heavy (non-hydrogen) atoms. The molecule has 170 valence electrons. The van der Waals surface area contributed by atoms with Crippen molar-refractivity contribution in [1.82, 2.24) is 34.6 Å². The highest BCUT2D eigenvalue weighted by atomic mass is 35.5. The fourth-order valence-electron chi connectivity index (χ4n) is 3.83. The van der Waals surface area contributed by atoms with Crippen molar-refractivity contribution in [3.63, 3.8) is 0 Å². The number of halogens is 4. The SMILES string of the molecule is Cc1cn2ncc3c(c2n1)[C@@](C)(C(F)(F)F)CN3C(=O)Nc1cnc(-n2nccn2)c(Cl)c1. The number of nitrogens with zero attached hydrogens (tertiary/aromatic N) is 8. The molecular weight excluding hydrogens is 463 g/mol. The zero-order valence-corrected chi connectivity index (χ0v) is 17.9. The molecule has 5 rings (SSSR count). The lowest BCUT2D eigenvalue weighted by Crippen LogP contribution is -2.46. The highest BCUT2D eigenvalue weighted by molar-refractivity contribution is 6.32. The summed E-state index contributed by atoms with van der Waals surface area (Å²) in [6, 6.07) is 0.617. The highest BCUT2D eigenvalue weighted by Gasteiger charge is 2.60. The van der Waals surface area contributed by atoms with Gasteiger partial charge in [-0.05, 0) is 19.9 Å². The van der Waals surface area contributed by atoms with Crippen LogP contribution in [0.4, 0.5) is 29.3 Å². The minimum Gasteiger partial charge on any atom is -0.306 e. The first-order valence-electron chi connectivity index (χ1n) is 9.61. The van der Waals surface area contributed by atoms with Crippen LogP contribution >= 0.6 is 11.6 Å². The first-order chi connectivity index (χ1) is 15.6. The zero-order valence-electron chi connectivity index (χ0n) is 17.2. The predicted octanol–water partition coefficient (Wildman–Crippen LogP) is 3.54. The van der Waals surface area contributed by atoms with Crippen molar-refractivity contribution >= 4 is 34.7 Å². The number of aromatic nitrogens is 7. The molecule has 1 aliphatic heterocycles. The summed E-state index contributed by atoms with van der Waals surface area (Å²) in [7, 11) is 0. The monoisotopic (exact) mass is 477 g/mol. The lowest BCUT2D eigenvalue weighted by atomic mass is 9.84. The molecular formula is C19H15ClF3N9O. The number of hydrogen-bond donors (Lipinski definition) is 1. The Morgan fingerprint density at radius 2 is 1.94 bits per heavy atom. The lowest BCUT2D eigenvalue weighted by Gasteiger charge is -2.28. The van der Waals surface area contributed by atoms with E-state index < -0.39 is 24.2 Å². The number of aryl methyl sites for hydroxylation is 1. The number of rotatable bonds is 2. The second-order valence-electron chi connectivity index (χ2n) is 7.75. The molecule has 1 N–H and O–H groups in total. The Bertz CT molecular complexity index is 1390.